The third-order valence-corrected chi connectivity index (χ3v) is 2.65. The zero-order valence-corrected chi connectivity index (χ0v) is 10.8. The summed E-state index contributed by atoms with van der Waals surface area (Å²) >= 11 is 0. The van der Waals surface area contributed by atoms with Crippen molar-refractivity contribution in [2.24, 2.45) is 0 Å². The van der Waals surface area contributed by atoms with E-state index in [0.717, 1.165) is 24.1 Å². The molecule has 0 heterocycles. The number of aryl methyl sites for hydroxylation is 1. The van der Waals surface area contributed by atoms with E-state index in [0.29, 0.717) is 6.42 Å². The molecular weight excluding hydrogens is 213 g/mol. The highest BCUT2D eigenvalue weighted by Crippen LogP contribution is 2.21. The average molecular weight is 233 g/mol. The summed E-state index contributed by atoms with van der Waals surface area (Å²) in [4.78, 5) is 0. The summed E-state index contributed by atoms with van der Waals surface area (Å²) in [6.45, 7) is 6.76. The van der Waals surface area contributed by atoms with Gasteiger partial charge in [0.05, 0.1) is 0 Å². The molecule has 0 spiro atoms. The van der Waals surface area contributed by atoms with Gasteiger partial charge in [0, 0.05) is 18.0 Å². The van der Waals surface area contributed by atoms with Gasteiger partial charge in [0.25, 0.3) is 0 Å². The molecule has 1 rings (SSSR count). The first-order valence-electron chi connectivity index (χ1n) is 6.08. The Labute approximate surface area is 103 Å². The normalized spacial score (nSPS) is 11.8. The van der Waals surface area contributed by atoms with Crippen LogP contribution in [-0.4, -0.2) is 6.54 Å². The lowest BCUT2D eigenvalue weighted by molar-refractivity contribution is 0.506. The minimum atomic E-state index is -0.151. The van der Waals surface area contributed by atoms with Gasteiger partial charge in [-0.15, -0.1) is 11.8 Å². The summed E-state index contributed by atoms with van der Waals surface area (Å²) in [7, 11) is 0. The van der Waals surface area contributed by atoms with E-state index in [2.05, 4.69) is 24.1 Å². The minimum absolute atomic E-state index is 0.0118. The van der Waals surface area contributed by atoms with Crippen LogP contribution in [0.25, 0.3) is 0 Å². The molecule has 17 heavy (non-hydrogen) atoms. The molecule has 0 aromatic heterocycles. The van der Waals surface area contributed by atoms with Crippen LogP contribution in [0.3, 0.4) is 0 Å². The molecule has 0 aliphatic carbocycles. The Kier molecular flexibility index (Phi) is 5.72. The largest absolute Gasteiger partial charge is 0.309 e. The predicted octanol–water partition coefficient (Wildman–Crippen LogP) is 3.59. The summed E-state index contributed by atoms with van der Waals surface area (Å²) in [5.41, 5.74) is 1.80. The summed E-state index contributed by atoms with van der Waals surface area (Å²) in [5, 5.41) is 3.35. The van der Waals surface area contributed by atoms with Crippen molar-refractivity contribution < 1.29 is 4.39 Å². The molecule has 0 saturated heterocycles. The van der Waals surface area contributed by atoms with Crippen LogP contribution >= 0.6 is 0 Å². The third-order valence-electron chi connectivity index (χ3n) is 2.65. The summed E-state index contributed by atoms with van der Waals surface area (Å²) in [6, 6.07) is 5.22. The number of hydrogen-bond acceptors (Lipinski definition) is 1. The van der Waals surface area contributed by atoms with E-state index in [-0.39, 0.29) is 11.9 Å². The van der Waals surface area contributed by atoms with E-state index >= 15 is 0 Å². The second kappa shape index (κ2) is 7.09. The van der Waals surface area contributed by atoms with Crippen molar-refractivity contribution >= 4 is 0 Å². The monoisotopic (exact) mass is 233 g/mol. The second-order valence-electron chi connectivity index (χ2n) is 4.16. The van der Waals surface area contributed by atoms with Crippen molar-refractivity contribution in [2.75, 3.05) is 6.54 Å². The van der Waals surface area contributed by atoms with Crippen molar-refractivity contribution in [3.63, 3.8) is 0 Å². The molecule has 1 aromatic rings. The van der Waals surface area contributed by atoms with Crippen LogP contribution in [0.1, 0.15) is 43.9 Å². The summed E-state index contributed by atoms with van der Waals surface area (Å²) < 4.78 is 13.8. The van der Waals surface area contributed by atoms with Gasteiger partial charge in [-0.2, -0.15) is 0 Å². The number of rotatable bonds is 5. The van der Waals surface area contributed by atoms with E-state index in [1.54, 1.807) is 6.07 Å². The zero-order valence-electron chi connectivity index (χ0n) is 10.8. The topological polar surface area (TPSA) is 12.0 Å². The van der Waals surface area contributed by atoms with Gasteiger partial charge < -0.3 is 5.32 Å². The fourth-order valence-corrected chi connectivity index (χ4v) is 1.74. The number of halogens is 1. The van der Waals surface area contributed by atoms with Crippen molar-refractivity contribution in [3.05, 3.63) is 35.1 Å². The van der Waals surface area contributed by atoms with Gasteiger partial charge in [0.2, 0.25) is 0 Å². The summed E-state index contributed by atoms with van der Waals surface area (Å²) in [5.74, 6) is 5.74. The molecule has 0 aliphatic rings. The van der Waals surface area contributed by atoms with Gasteiger partial charge in [-0.05, 0) is 32.9 Å². The molecule has 1 N–H and O–H groups in total. The van der Waals surface area contributed by atoms with Gasteiger partial charge >= 0.3 is 0 Å². The Bertz CT molecular complexity index is 415. The van der Waals surface area contributed by atoms with Gasteiger partial charge in [0.1, 0.15) is 5.82 Å². The smallest absolute Gasteiger partial charge is 0.128 e. The molecular formula is C15H20FN. The molecule has 0 amide bonds. The molecule has 2 heteroatoms. The summed E-state index contributed by atoms with van der Waals surface area (Å²) in [6.07, 6.45) is 1.68. The maximum atomic E-state index is 13.8. The fraction of sp³-hybridized carbons (Fsp3) is 0.467. The molecule has 0 fully saturated rings. The lowest BCUT2D eigenvalue weighted by Gasteiger charge is -2.17. The SMILES string of the molecule is CC#CCC(NCCC)c1cc(C)ccc1F. The predicted molar refractivity (Wildman–Crippen MR) is 70.2 cm³/mol. The average Bonchev–Trinajstić information content (AvgIpc) is 2.33. The lowest BCUT2D eigenvalue weighted by Crippen LogP contribution is -2.22. The number of benzene rings is 1. The van der Waals surface area contributed by atoms with Crippen LogP contribution < -0.4 is 5.32 Å². The van der Waals surface area contributed by atoms with Crippen LogP contribution in [0, 0.1) is 24.6 Å². The first-order chi connectivity index (χ1) is 8.19. The van der Waals surface area contributed by atoms with Gasteiger partial charge in [0.15, 0.2) is 0 Å². The number of hydrogen-bond donors (Lipinski definition) is 1. The minimum Gasteiger partial charge on any atom is -0.309 e. The first kappa shape index (κ1) is 13.7. The van der Waals surface area contributed by atoms with Crippen LogP contribution in [-0.2, 0) is 0 Å². The Morgan fingerprint density at radius 2 is 2.18 bits per heavy atom. The highest BCUT2D eigenvalue weighted by molar-refractivity contribution is 5.28. The van der Waals surface area contributed by atoms with Gasteiger partial charge in [-0.25, -0.2) is 4.39 Å². The zero-order chi connectivity index (χ0) is 12.7. The Balaban J connectivity index is 2.92. The highest BCUT2D eigenvalue weighted by Gasteiger charge is 2.14. The molecule has 0 saturated carbocycles. The van der Waals surface area contributed by atoms with Crippen LogP contribution in [0.2, 0.25) is 0 Å². The van der Waals surface area contributed by atoms with Crippen LogP contribution in [0.15, 0.2) is 18.2 Å². The standard InChI is InChI=1S/C15H20FN/c1-4-6-7-15(17-10-5-2)13-11-12(3)8-9-14(13)16/h8-9,11,15,17H,5,7,10H2,1-3H3. The second-order valence-corrected chi connectivity index (χ2v) is 4.16. The van der Waals surface area contributed by atoms with E-state index in [9.17, 15) is 4.39 Å². The number of nitrogens with one attached hydrogen (secondary N) is 1. The Hall–Kier alpha value is -1.33. The van der Waals surface area contributed by atoms with Gasteiger partial charge in [-0.1, -0.05) is 24.6 Å². The molecule has 1 nitrogen and oxygen atoms in total. The van der Waals surface area contributed by atoms with E-state index in [1.807, 2.05) is 19.9 Å². The molecule has 0 bridgehead atoms. The quantitative estimate of drug-likeness (QED) is 0.766. The fourth-order valence-electron chi connectivity index (χ4n) is 1.74. The molecule has 92 valence electrons. The molecule has 0 aliphatic heterocycles. The van der Waals surface area contributed by atoms with Crippen molar-refractivity contribution in [2.45, 2.75) is 39.7 Å². The molecule has 1 atom stereocenters. The van der Waals surface area contributed by atoms with Crippen molar-refractivity contribution in [3.8, 4) is 11.8 Å². The maximum absolute atomic E-state index is 13.8. The Morgan fingerprint density at radius 3 is 2.82 bits per heavy atom. The molecule has 0 radical (unpaired) electrons. The van der Waals surface area contributed by atoms with E-state index in [4.69, 9.17) is 0 Å². The van der Waals surface area contributed by atoms with Crippen molar-refractivity contribution in [1.29, 1.82) is 0 Å². The van der Waals surface area contributed by atoms with E-state index < -0.39 is 0 Å². The van der Waals surface area contributed by atoms with Crippen LogP contribution in [0.5, 0.6) is 0 Å². The first-order valence-corrected chi connectivity index (χ1v) is 6.08. The van der Waals surface area contributed by atoms with Crippen LogP contribution in [0.4, 0.5) is 4.39 Å². The molecule has 1 unspecified atom stereocenters. The molecule has 1 aromatic carbocycles. The Morgan fingerprint density at radius 1 is 1.41 bits per heavy atom. The van der Waals surface area contributed by atoms with E-state index in [1.165, 1.54) is 6.07 Å². The third kappa shape index (κ3) is 4.20. The van der Waals surface area contributed by atoms with Gasteiger partial charge in [-0.3, -0.25) is 0 Å². The lowest BCUT2D eigenvalue weighted by atomic mass is 10.0. The van der Waals surface area contributed by atoms with Crippen molar-refractivity contribution in [1.82, 2.24) is 5.32 Å². The highest BCUT2D eigenvalue weighted by atomic mass is 19.1. The maximum Gasteiger partial charge on any atom is 0.128 e.